The average molecular weight is 475 g/mol. The number of ether oxygens (including phenoxy) is 2. The minimum Gasteiger partial charge on any atom is -0.495 e. The summed E-state index contributed by atoms with van der Waals surface area (Å²) < 4.78 is 26.9. The molecule has 1 aromatic heterocycles. The van der Waals surface area contributed by atoms with Gasteiger partial charge in [-0.05, 0) is 60.4 Å². The molecular weight excluding hydrogens is 447 g/mol. The van der Waals surface area contributed by atoms with Crippen molar-refractivity contribution < 1.29 is 18.7 Å². The van der Waals surface area contributed by atoms with E-state index in [9.17, 15) is 4.39 Å². The highest BCUT2D eigenvalue weighted by Crippen LogP contribution is 2.44. The molecule has 0 N–H and O–H groups in total. The van der Waals surface area contributed by atoms with Gasteiger partial charge < -0.3 is 23.8 Å². The molecular formula is C27H27FN4O3. The molecule has 2 saturated heterocycles. The summed E-state index contributed by atoms with van der Waals surface area (Å²) in [6.45, 7) is 4.65. The maximum atomic E-state index is 13.6. The van der Waals surface area contributed by atoms with Crippen LogP contribution in [0.15, 0.2) is 65.7 Å². The number of benzene rings is 2. The van der Waals surface area contributed by atoms with Gasteiger partial charge in [-0.2, -0.15) is 0 Å². The Hall–Kier alpha value is -3.65. The van der Waals surface area contributed by atoms with Gasteiger partial charge in [0, 0.05) is 18.2 Å². The fourth-order valence-corrected chi connectivity index (χ4v) is 5.20. The summed E-state index contributed by atoms with van der Waals surface area (Å²) in [5, 5.41) is 4.47. The molecule has 35 heavy (non-hydrogen) atoms. The zero-order valence-electron chi connectivity index (χ0n) is 19.8. The van der Waals surface area contributed by atoms with E-state index in [1.807, 2.05) is 42.0 Å². The molecule has 3 aliphatic rings. The quantitative estimate of drug-likeness (QED) is 0.557. The number of fused-ring (bicyclic) bond motifs is 1. The minimum absolute atomic E-state index is 0.0364. The van der Waals surface area contributed by atoms with Gasteiger partial charge in [0.1, 0.15) is 18.2 Å². The first-order chi connectivity index (χ1) is 17.0. The van der Waals surface area contributed by atoms with Gasteiger partial charge in [0.15, 0.2) is 5.84 Å². The predicted octanol–water partition coefficient (Wildman–Crippen LogP) is 4.52. The van der Waals surface area contributed by atoms with Crippen molar-refractivity contribution in [2.75, 3.05) is 33.5 Å². The molecule has 180 valence electrons. The van der Waals surface area contributed by atoms with Gasteiger partial charge in [0.25, 0.3) is 0 Å². The smallest absolute Gasteiger partial charge is 0.172 e. The van der Waals surface area contributed by atoms with E-state index in [-0.39, 0.29) is 17.3 Å². The molecule has 1 atom stereocenters. The van der Waals surface area contributed by atoms with Crippen molar-refractivity contribution in [3.05, 3.63) is 83.2 Å². The number of imidazole rings is 1. The fourth-order valence-electron chi connectivity index (χ4n) is 5.20. The second kappa shape index (κ2) is 8.53. The molecule has 1 unspecified atom stereocenters. The van der Waals surface area contributed by atoms with Crippen LogP contribution in [0.5, 0.6) is 5.75 Å². The summed E-state index contributed by atoms with van der Waals surface area (Å²) >= 11 is 0. The summed E-state index contributed by atoms with van der Waals surface area (Å²) in [6.07, 6.45) is 6.77. The highest BCUT2D eigenvalue weighted by molar-refractivity contribution is 6.03. The van der Waals surface area contributed by atoms with Crippen LogP contribution in [0.3, 0.4) is 0 Å². The Morgan fingerprint density at radius 2 is 2.00 bits per heavy atom. The van der Waals surface area contributed by atoms with Gasteiger partial charge in [0.05, 0.1) is 44.1 Å². The standard InChI is InChI=1S/C27H27FN4O3/c1-18-12-31(17-29-18)23-8-3-19(10-25(23)33-2)9-21-11-27(15-34-16-27)14-32-24(13-35-30-26(21)32)20-4-6-22(28)7-5-20/h3-10,12,17,24H,11,13-16H2,1-2H3/b21-9+. The van der Waals surface area contributed by atoms with Crippen molar-refractivity contribution in [3.8, 4) is 11.4 Å². The number of nitrogens with zero attached hydrogens (tertiary/aromatic N) is 4. The predicted molar refractivity (Wildman–Crippen MR) is 130 cm³/mol. The van der Waals surface area contributed by atoms with Gasteiger partial charge >= 0.3 is 0 Å². The van der Waals surface area contributed by atoms with Crippen molar-refractivity contribution in [3.63, 3.8) is 0 Å². The van der Waals surface area contributed by atoms with Gasteiger partial charge in [-0.15, -0.1) is 0 Å². The van der Waals surface area contributed by atoms with E-state index in [0.29, 0.717) is 19.8 Å². The lowest BCUT2D eigenvalue weighted by Gasteiger charge is -2.52. The molecule has 4 heterocycles. The molecule has 0 amide bonds. The number of halogens is 1. The second-order valence-corrected chi connectivity index (χ2v) is 9.60. The summed E-state index contributed by atoms with van der Waals surface area (Å²) in [5.74, 6) is 1.35. The minimum atomic E-state index is -0.245. The van der Waals surface area contributed by atoms with E-state index in [2.05, 4.69) is 27.2 Å². The Morgan fingerprint density at radius 3 is 2.69 bits per heavy atom. The lowest BCUT2D eigenvalue weighted by Crippen LogP contribution is -2.58. The molecule has 3 aromatic rings. The van der Waals surface area contributed by atoms with Crippen LogP contribution in [0.4, 0.5) is 4.39 Å². The first kappa shape index (κ1) is 21.9. The van der Waals surface area contributed by atoms with Crippen LogP contribution in [-0.4, -0.2) is 53.8 Å². The van der Waals surface area contributed by atoms with Crippen LogP contribution in [0, 0.1) is 18.2 Å². The van der Waals surface area contributed by atoms with E-state index >= 15 is 0 Å². The number of aryl methyl sites for hydroxylation is 1. The molecule has 7 nitrogen and oxygen atoms in total. The Bertz CT molecular complexity index is 1310. The number of piperidine rings is 1. The van der Waals surface area contributed by atoms with Gasteiger partial charge in [-0.1, -0.05) is 23.4 Å². The molecule has 2 fully saturated rings. The first-order valence-electron chi connectivity index (χ1n) is 11.7. The normalized spacial score (nSPS) is 21.8. The molecule has 0 radical (unpaired) electrons. The van der Waals surface area contributed by atoms with E-state index in [1.165, 1.54) is 12.1 Å². The SMILES string of the molecule is COc1cc(/C=C2\CC3(COC3)CN3C2=NOCC3c2ccc(F)cc2)ccc1-n1cnc(C)c1. The topological polar surface area (TPSA) is 61.1 Å². The zero-order chi connectivity index (χ0) is 24.0. The Labute approximate surface area is 203 Å². The zero-order valence-corrected chi connectivity index (χ0v) is 19.8. The van der Waals surface area contributed by atoms with Crippen LogP contribution in [-0.2, 0) is 9.57 Å². The average Bonchev–Trinajstić information content (AvgIpc) is 3.29. The lowest BCUT2D eigenvalue weighted by atomic mass is 9.74. The van der Waals surface area contributed by atoms with Crippen LogP contribution >= 0.6 is 0 Å². The number of hydrogen-bond acceptors (Lipinski definition) is 6. The van der Waals surface area contributed by atoms with Crippen molar-refractivity contribution in [2.24, 2.45) is 10.6 Å². The number of methoxy groups -OCH3 is 1. The Morgan fingerprint density at radius 1 is 1.17 bits per heavy atom. The molecule has 0 bridgehead atoms. The van der Waals surface area contributed by atoms with Crippen LogP contribution < -0.4 is 4.74 Å². The molecule has 0 aliphatic carbocycles. The van der Waals surface area contributed by atoms with Crippen molar-refractivity contribution in [1.29, 1.82) is 0 Å². The molecule has 6 rings (SSSR count). The lowest BCUT2D eigenvalue weighted by molar-refractivity contribution is -0.131. The number of amidine groups is 1. The highest BCUT2D eigenvalue weighted by atomic mass is 19.1. The van der Waals surface area contributed by atoms with E-state index < -0.39 is 0 Å². The molecule has 0 saturated carbocycles. The Kier molecular flexibility index (Phi) is 5.33. The molecule has 8 heteroatoms. The van der Waals surface area contributed by atoms with Gasteiger partial charge in [-0.25, -0.2) is 9.37 Å². The summed E-state index contributed by atoms with van der Waals surface area (Å²) in [6, 6.07) is 12.8. The van der Waals surface area contributed by atoms with Crippen molar-refractivity contribution in [1.82, 2.24) is 14.5 Å². The van der Waals surface area contributed by atoms with E-state index in [0.717, 1.165) is 52.6 Å². The second-order valence-electron chi connectivity index (χ2n) is 9.60. The van der Waals surface area contributed by atoms with Crippen LogP contribution in [0.1, 0.15) is 29.3 Å². The summed E-state index contributed by atoms with van der Waals surface area (Å²) in [5.41, 5.74) is 5.04. The number of hydrogen-bond donors (Lipinski definition) is 0. The molecule has 1 spiro atoms. The van der Waals surface area contributed by atoms with Crippen molar-refractivity contribution in [2.45, 2.75) is 19.4 Å². The summed E-state index contributed by atoms with van der Waals surface area (Å²) in [7, 11) is 1.68. The fraction of sp³-hybridized carbons (Fsp3) is 0.333. The van der Waals surface area contributed by atoms with E-state index in [1.54, 1.807) is 13.4 Å². The van der Waals surface area contributed by atoms with Crippen molar-refractivity contribution >= 4 is 11.9 Å². The molecule has 3 aliphatic heterocycles. The first-order valence-corrected chi connectivity index (χ1v) is 11.7. The third-order valence-electron chi connectivity index (χ3n) is 7.00. The Balaban J connectivity index is 1.37. The summed E-state index contributed by atoms with van der Waals surface area (Å²) in [4.78, 5) is 12.3. The van der Waals surface area contributed by atoms with Crippen LogP contribution in [0.2, 0.25) is 0 Å². The van der Waals surface area contributed by atoms with E-state index in [4.69, 9.17) is 14.3 Å². The number of oxime groups is 1. The largest absolute Gasteiger partial charge is 0.495 e. The van der Waals surface area contributed by atoms with Crippen LogP contribution in [0.25, 0.3) is 11.8 Å². The molecule has 2 aromatic carbocycles. The number of aromatic nitrogens is 2. The third kappa shape index (κ3) is 3.97. The maximum absolute atomic E-state index is 13.6. The number of rotatable bonds is 4. The monoisotopic (exact) mass is 474 g/mol. The van der Waals surface area contributed by atoms with Gasteiger partial charge in [0.2, 0.25) is 0 Å². The maximum Gasteiger partial charge on any atom is 0.172 e. The van der Waals surface area contributed by atoms with Gasteiger partial charge in [-0.3, -0.25) is 0 Å². The third-order valence-corrected chi connectivity index (χ3v) is 7.00. The highest BCUT2D eigenvalue weighted by Gasteiger charge is 2.49.